The number of guanidine groups is 1. The van der Waals surface area contributed by atoms with E-state index in [0.717, 1.165) is 35.4 Å². The second-order valence-electron chi connectivity index (χ2n) is 6.34. The van der Waals surface area contributed by atoms with Crippen LogP contribution >= 0.6 is 0 Å². The maximum absolute atomic E-state index is 12.3. The van der Waals surface area contributed by atoms with E-state index in [1.54, 1.807) is 18.2 Å². The summed E-state index contributed by atoms with van der Waals surface area (Å²) in [5.41, 5.74) is 2.69. The second-order valence-corrected chi connectivity index (χ2v) is 6.34. The largest absolute Gasteiger partial charge is 0.484 e. The number of benzene rings is 1. The van der Waals surface area contributed by atoms with Crippen LogP contribution in [0.15, 0.2) is 33.8 Å². The molecule has 1 aromatic heterocycles. The number of nitrogens with one attached hydrogen (secondary N) is 2. The predicted molar refractivity (Wildman–Crippen MR) is 105 cm³/mol. The van der Waals surface area contributed by atoms with Crippen LogP contribution in [0.2, 0.25) is 0 Å². The molecule has 1 heterocycles. The van der Waals surface area contributed by atoms with E-state index in [-0.39, 0.29) is 5.75 Å². The van der Waals surface area contributed by atoms with Crippen molar-refractivity contribution in [3.8, 4) is 5.75 Å². The van der Waals surface area contributed by atoms with E-state index in [1.807, 2.05) is 20.8 Å². The molecule has 1 aromatic carbocycles. The Kier molecular flexibility index (Phi) is 8.35. The third-order valence-electron chi connectivity index (χ3n) is 4.10. The zero-order valence-electron chi connectivity index (χ0n) is 16.9. The van der Waals surface area contributed by atoms with Gasteiger partial charge in [0.2, 0.25) is 0 Å². The van der Waals surface area contributed by atoms with E-state index in [1.165, 1.54) is 6.07 Å². The Labute approximate surface area is 168 Å². The summed E-state index contributed by atoms with van der Waals surface area (Å²) in [6.45, 7) is 6.16. The molecule has 0 radical (unpaired) electrons. The molecule has 0 aliphatic rings. The molecule has 0 atom stereocenters. The number of hydrogen-bond donors (Lipinski definition) is 2. The summed E-state index contributed by atoms with van der Waals surface area (Å²) in [7, 11) is 0. The van der Waals surface area contributed by atoms with Crippen molar-refractivity contribution in [2.45, 2.75) is 52.9 Å². The molecule has 2 N–H and O–H groups in total. The van der Waals surface area contributed by atoms with E-state index in [2.05, 4.69) is 20.8 Å². The number of ether oxygens (including phenoxy) is 1. The van der Waals surface area contributed by atoms with Gasteiger partial charge in [-0.15, -0.1) is 0 Å². The zero-order valence-corrected chi connectivity index (χ0v) is 16.9. The van der Waals surface area contributed by atoms with E-state index in [4.69, 9.17) is 9.26 Å². The van der Waals surface area contributed by atoms with Crippen LogP contribution in [0.1, 0.15) is 43.4 Å². The lowest BCUT2D eigenvalue weighted by Crippen LogP contribution is -2.37. The van der Waals surface area contributed by atoms with Crippen LogP contribution in [-0.2, 0) is 25.9 Å². The first-order valence-electron chi connectivity index (χ1n) is 9.63. The van der Waals surface area contributed by atoms with Crippen LogP contribution in [-0.4, -0.2) is 30.4 Å². The summed E-state index contributed by atoms with van der Waals surface area (Å²) in [5.74, 6) is 1.61. The molecule has 0 saturated carbocycles. The topological polar surface area (TPSA) is 71.7 Å². The third-order valence-corrected chi connectivity index (χ3v) is 4.10. The third kappa shape index (κ3) is 7.32. The van der Waals surface area contributed by atoms with Crippen molar-refractivity contribution in [3.05, 3.63) is 46.8 Å². The van der Waals surface area contributed by atoms with Gasteiger partial charge in [-0.2, -0.15) is 13.2 Å². The molecule has 6 nitrogen and oxygen atoms in total. The Hall–Kier alpha value is -2.71. The fourth-order valence-corrected chi connectivity index (χ4v) is 2.72. The van der Waals surface area contributed by atoms with Crippen LogP contribution in [0.4, 0.5) is 13.2 Å². The van der Waals surface area contributed by atoms with Crippen molar-refractivity contribution in [2.24, 2.45) is 4.99 Å². The molecule has 9 heteroatoms. The zero-order chi connectivity index (χ0) is 21.3. The number of halogens is 3. The van der Waals surface area contributed by atoms with Crippen molar-refractivity contribution in [3.63, 3.8) is 0 Å². The second kappa shape index (κ2) is 10.7. The van der Waals surface area contributed by atoms with Gasteiger partial charge in [0.25, 0.3) is 0 Å². The SMILES string of the molecule is CCNC(=NCc1cccc(OCC(F)(F)F)c1)NCc1c(CC)noc1CC. The predicted octanol–water partition coefficient (Wildman–Crippen LogP) is 4.00. The number of alkyl halides is 3. The summed E-state index contributed by atoms with van der Waals surface area (Å²) >= 11 is 0. The van der Waals surface area contributed by atoms with E-state index in [0.29, 0.717) is 25.6 Å². The fourth-order valence-electron chi connectivity index (χ4n) is 2.72. The maximum Gasteiger partial charge on any atom is 0.422 e. The molecule has 0 fully saturated rings. The summed E-state index contributed by atoms with van der Waals surface area (Å²) in [6.07, 6.45) is -2.84. The number of hydrogen-bond acceptors (Lipinski definition) is 4. The van der Waals surface area contributed by atoms with Crippen LogP contribution in [0.25, 0.3) is 0 Å². The first kappa shape index (κ1) is 22.6. The van der Waals surface area contributed by atoms with Gasteiger partial charge in [0, 0.05) is 25.1 Å². The van der Waals surface area contributed by atoms with Crippen LogP contribution < -0.4 is 15.4 Å². The van der Waals surface area contributed by atoms with E-state index in [9.17, 15) is 13.2 Å². The number of aryl methyl sites for hydroxylation is 2. The molecule has 29 heavy (non-hydrogen) atoms. The minimum absolute atomic E-state index is 0.164. The minimum Gasteiger partial charge on any atom is -0.484 e. The highest BCUT2D eigenvalue weighted by atomic mass is 19.4. The Bertz CT molecular complexity index is 782. The standard InChI is InChI=1S/C20H27F3N4O2/c1-4-17-16(18(5-2)29-27-17)12-26-19(24-6-3)25-11-14-8-7-9-15(10-14)28-13-20(21,22)23/h7-10H,4-6,11-13H2,1-3H3,(H2,24,25,26). The van der Waals surface area contributed by atoms with Crippen LogP contribution in [0, 0.1) is 0 Å². The monoisotopic (exact) mass is 412 g/mol. The highest BCUT2D eigenvalue weighted by molar-refractivity contribution is 5.79. The van der Waals surface area contributed by atoms with E-state index >= 15 is 0 Å². The van der Waals surface area contributed by atoms with Gasteiger partial charge in [0.15, 0.2) is 12.6 Å². The summed E-state index contributed by atoms with van der Waals surface area (Å²) in [5, 5.41) is 10.5. The molecule has 0 unspecified atom stereocenters. The smallest absolute Gasteiger partial charge is 0.422 e. The average Bonchev–Trinajstić information content (AvgIpc) is 3.10. The molecule has 2 rings (SSSR count). The Balaban J connectivity index is 2.03. The van der Waals surface area contributed by atoms with Gasteiger partial charge in [-0.05, 0) is 31.0 Å². The average molecular weight is 412 g/mol. The Morgan fingerprint density at radius 2 is 1.97 bits per heavy atom. The van der Waals surface area contributed by atoms with Crippen molar-refractivity contribution >= 4 is 5.96 Å². The normalized spacial score (nSPS) is 12.1. The summed E-state index contributed by atoms with van der Waals surface area (Å²) in [6, 6.07) is 6.49. The van der Waals surface area contributed by atoms with Gasteiger partial charge < -0.3 is 19.9 Å². The number of aliphatic imine (C=N–C) groups is 1. The lowest BCUT2D eigenvalue weighted by atomic mass is 10.1. The van der Waals surface area contributed by atoms with Crippen molar-refractivity contribution in [1.29, 1.82) is 0 Å². The molecule has 2 aromatic rings. The van der Waals surface area contributed by atoms with Gasteiger partial charge >= 0.3 is 6.18 Å². The molecule has 0 aliphatic carbocycles. The summed E-state index contributed by atoms with van der Waals surface area (Å²) < 4.78 is 47.1. The molecule has 0 amide bonds. The van der Waals surface area contributed by atoms with Crippen molar-refractivity contribution in [2.75, 3.05) is 13.2 Å². The van der Waals surface area contributed by atoms with Crippen LogP contribution in [0.5, 0.6) is 5.75 Å². The molecule has 160 valence electrons. The lowest BCUT2D eigenvalue weighted by molar-refractivity contribution is -0.153. The quantitative estimate of drug-likeness (QED) is 0.481. The van der Waals surface area contributed by atoms with E-state index < -0.39 is 12.8 Å². The van der Waals surface area contributed by atoms with Gasteiger partial charge in [-0.1, -0.05) is 31.1 Å². The van der Waals surface area contributed by atoms with Gasteiger partial charge in [-0.3, -0.25) is 0 Å². The fraction of sp³-hybridized carbons (Fsp3) is 0.500. The molecular formula is C20H27F3N4O2. The molecule has 0 aliphatic heterocycles. The van der Waals surface area contributed by atoms with Gasteiger partial charge in [0.05, 0.1) is 12.2 Å². The first-order chi connectivity index (χ1) is 13.9. The van der Waals surface area contributed by atoms with Gasteiger partial charge in [0.1, 0.15) is 11.5 Å². The summed E-state index contributed by atoms with van der Waals surface area (Å²) in [4.78, 5) is 4.51. The Morgan fingerprint density at radius 3 is 2.62 bits per heavy atom. The molecule has 0 bridgehead atoms. The highest BCUT2D eigenvalue weighted by Gasteiger charge is 2.28. The Morgan fingerprint density at radius 1 is 1.17 bits per heavy atom. The van der Waals surface area contributed by atoms with Crippen molar-refractivity contribution < 1.29 is 22.4 Å². The maximum atomic E-state index is 12.3. The first-order valence-corrected chi connectivity index (χ1v) is 9.63. The highest BCUT2D eigenvalue weighted by Crippen LogP contribution is 2.20. The van der Waals surface area contributed by atoms with Crippen LogP contribution in [0.3, 0.4) is 0 Å². The molecular weight excluding hydrogens is 385 g/mol. The lowest BCUT2D eigenvalue weighted by Gasteiger charge is -2.12. The number of rotatable bonds is 9. The minimum atomic E-state index is -4.37. The van der Waals surface area contributed by atoms with Gasteiger partial charge in [-0.25, -0.2) is 4.99 Å². The van der Waals surface area contributed by atoms with Crippen molar-refractivity contribution in [1.82, 2.24) is 15.8 Å². The molecule has 0 saturated heterocycles. The number of nitrogens with zero attached hydrogens (tertiary/aromatic N) is 2. The number of aromatic nitrogens is 1. The molecule has 0 spiro atoms.